The monoisotopic (exact) mass is 306 g/mol. The first kappa shape index (κ1) is 15.0. The van der Waals surface area contributed by atoms with Crippen LogP contribution in [-0.4, -0.2) is 30.4 Å². The first-order valence-electron chi connectivity index (χ1n) is 6.15. The van der Waals surface area contributed by atoms with E-state index in [9.17, 15) is 18.0 Å². The Hall–Kier alpha value is -1.43. The van der Waals surface area contributed by atoms with Crippen LogP contribution in [0.25, 0.3) is 0 Å². The van der Waals surface area contributed by atoms with Gasteiger partial charge in [-0.05, 0) is 31.0 Å². The normalized spacial score (nSPS) is 15.1. The molecule has 1 fully saturated rings. The van der Waals surface area contributed by atoms with Gasteiger partial charge in [0.1, 0.15) is 0 Å². The smallest absolute Gasteiger partial charge is 0.375 e. The van der Waals surface area contributed by atoms with Crippen LogP contribution in [0, 0.1) is 0 Å². The second kappa shape index (κ2) is 5.52. The Balaban J connectivity index is 1.97. The third-order valence-corrected chi connectivity index (χ3v) is 3.53. The second-order valence-corrected chi connectivity index (χ2v) is 5.19. The van der Waals surface area contributed by atoms with Crippen LogP contribution in [0.3, 0.4) is 0 Å². The number of carbonyl (C=O) groups is 1. The third kappa shape index (κ3) is 3.56. The Morgan fingerprint density at radius 1 is 1.45 bits per heavy atom. The number of amides is 1. The minimum Gasteiger partial charge on any atom is -0.375 e. The van der Waals surface area contributed by atoms with Crippen LogP contribution < -0.4 is 5.32 Å². The summed E-state index contributed by atoms with van der Waals surface area (Å²) >= 11 is 5.79. The highest BCUT2D eigenvalue weighted by Crippen LogP contribution is 2.33. The van der Waals surface area contributed by atoms with Crippen LogP contribution in [0.15, 0.2) is 18.2 Å². The largest absolute Gasteiger partial charge is 0.416 e. The number of benzene rings is 1. The molecular formula is C13H14ClF3N2O. The molecule has 3 nitrogen and oxygen atoms in total. The molecule has 1 saturated carbocycles. The van der Waals surface area contributed by atoms with Crippen LogP contribution >= 0.6 is 11.6 Å². The van der Waals surface area contributed by atoms with Crippen molar-refractivity contribution in [3.05, 3.63) is 28.8 Å². The van der Waals surface area contributed by atoms with E-state index in [0.29, 0.717) is 11.7 Å². The summed E-state index contributed by atoms with van der Waals surface area (Å²) in [6, 6.07) is 3.31. The van der Waals surface area contributed by atoms with E-state index in [1.807, 2.05) is 0 Å². The Labute approximate surface area is 119 Å². The maximum Gasteiger partial charge on any atom is 0.416 e. The minimum atomic E-state index is -4.43. The number of carbonyl (C=O) groups excluding carboxylic acids is 1. The molecule has 1 N–H and O–H groups in total. The number of alkyl halides is 3. The lowest BCUT2D eigenvalue weighted by Gasteiger charge is -2.17. The molecule has 0 atom stereocenters. The summed E-state index contributed by atoms with van der Waals surface area (Å²) in [4.78, 5) is 13.4. The molecule has 0 bridgehead atoms. The van der Waals surface area contributed by atoms with Crippen molar-refractivity contribution in [2.75, 3.05) is 18.9 Å². The summed E-state index contributed by atoms with van der Waals surface area (Å²) < 4.78 is 37.4. The highest BCUT2D eigenvalue weighted by atomic mass is 35.5. The Morgan fingerprint density at radius 3 is 2.60 bits per heavy atom. The van der Waals surface area contributed by atoms with Gasteiger partial charge in [0.15, 0.2) is 0 Å². The Kier molecular flexibility index (Phi) is 4.13. The van der Waals surface area contributed by atoms with E-state index in [-0.39, 0.29) is 17.5 Å². The average Bonchev–Trinajstić information content (AvgIpc) is 3.19. The number of nitrogens with zero attached hydrogens (tertiary/aromatic N) is 1. The fourth-order valence-electron chi connectivity index (χ4n) is 1.80. The fraction of sp³-hybridized carbons (Fsp3) is 0.462. The van der Waals surface area contributed by atoms with Crippen molar-refractivity contribution >= 4 is 23.2 Å². The van der Waals surface area contributed by atoms with Gasteiger partial charge in [0.05, 0.1) is 22.8 Å². The molecule has 0 radical (unpaired) electrons. The molecule has 110 valence electrons. The summed E-state index contributed by atoms with van der Waals surface area (Å²) in [7, 11) is 1.72. The van der Waals surface area contributed by atoms with Gasteiger partial charge in [-0.15, -0.1) is 0 Å². The minimum absolute atomic E-state index is 0.0120. The number of hydrogen-bond donors (Lipinski definition) is 1. The van der Waals surface area contributed by atoms with E-state index in [2.05, 4.69) is 5.32 Å². The molecule has 0 spiro atoms. The average molecular weight is 307 g/mol. The number of likely N-dealkylation sites (N-methyl/N-ethyl adjacent to an activating group) is 1. The van der Waals surface area contributed by atoms with Crippen molar-refractivity contribution in [3.63, 3.8) is 0 Å². The van der Waals surface area contributed by atoms with E-state index in [4.69, 9.17) is 11.6 Å². The zero-order valence-electron chi connectivity index (χ0n) is 10.8. The lowest BCUT2D eigenvalue weighted by atomic mass is 10.2. The molecule has 2 rings (SSSR count). The van der Waals surface area contributed by atoms with E-state index in [1.165, 1.54) is 6.07 Å². The van der Waals surface area contributed by atoms with Gasteiger partial charge in [0, 0.05) is 13.1 Å². The zero-order chi connectivity index (χ0) is 14.9. The molecule has 1 aliphatic rings. The van der Waals surface area contributed by atoms with Gasteiger partial charge in [-0.1, -0.05) is 11.6 Å². The molecular weight excluding hydrogens is 293 g/mol. The van der Waals surface area contributed by atoms with E-state index < -0.39 is 11.7 Å². The molecule has 1 aromatic rings. The number of hydrogen-bond acceptors (Lipinski definition) is 2. The molecule has 20 heavy (non-hydrogen) atoms. The summed E-state index contributed by atoms with van der Waals surface area (Å²) in [6.07, 6.45) is -2.42. The lowest BCUT2D eigenvalue weighted by Crippen LogP contribution is -2.33. The van der Waals surface area contributed by atoms with E-state index in [0.717, 1.165) is 25.0 Å². The quantitative estimate of drug-likeness (QED) is 0.925. The van der Waals surface area contributed by atoms with Gasteiger partial charge < -0.3 is 10.2 Å². The zero-order valence-corrected chi connectivity index (χ0v) is 11.6. The van der Waals surface area contributed by atoms with Crippen molar-refractivity contribution in [2.45, 2.75) is 25.1 Å². The van der Waals surface area contributed by atoms with Crippen molar-refractivity contribution in [1.29, 1.82) is 0 Å². The molecule has 7 heteroatoms. The highest BCUT2D eigenvalue weighted by Gasteiger charge is 2.31. The van der Waals surface area contributed by atoms with Crippen LogP contribution in [0.5, 0.6) is 0 Å². The second-order valence-electron chi connectivity index (χ2n) is 4.78. The van der Waals surface area contributed by atoms with Gasteiger partial charge in [-0.3, -0.25) is 4.79 Å². The first-order chi connectivity index (χ1) is 9.29. The lowest BCUT2D eigenvalue weighted by molar-refractivity contribution is -0.137. The van der Waals surface area contributed by atoms with Gasteiger partial charge in [0.2, 0.25) is 5.91 Å². The van der Waals surface area contributed by atoms with Gasteiger partial charge >= 0.3 is 6.18 Å². The number of rotatable bonds is 4. The summed E-state index contributed by atoms with van der Waals surface area (Å²) in [5.41, 5.74) is -0.494. The summed E-state index contributed by atoms with van der Waals surface area (Å²) in [6.45, 7) is 0.0120. The molecule has 1 aliphatic carbocycles. The molecule has 0 heterocycles. The van der Waals surface area contributed by atoms with Crippen LogP contribution in [0.4, 0.5) is 18.9 Å². The number of anilines is 1. The van der Waals surface area contributed by atoms with Crippen LogP contribution in [-0.2, 0) is 11.0 Å². The Bertz CT molecular complexity index is 515. The number of nitrogens with one attached hydrogen (secondary N) is 1. The first-order valence-corrected chi connectivity index (χ1v) is 6.53. The third-order valence-electron chi connectivity index (χ3n) is 3.21. The van der Waals surface area contributed by atoms with Gasteiger partial charge in [-0.25, -0.2) is 0 Å². The summed E-state index contributed by atoms with van der Waals surface area (Å²) in [5, 5.41) is 2.71. The summed E-state index contributed by atoms with van der Waals surface area (Å²) in [5.74, 6) is -0.108. The van der Waals surface area contributed by atoms with Crippen molar-refractivity contribution in [1.82, 2.24) is 4.90 Å². The number of halogens is 4. The van der Waals surface area contributed by atoms with Crippen molar-refractivity contribution < 1.29 is 18.0 Å². The maximum absolute atomic E-state index is 12.5. The highest BCUT2D eigenvalue weighted by molar-refractivity contribution is 6.33. The molecule has 1 aromatic carbocycles. The van der Waals surface area contributed by atoms with Crippen molar-refractivity contribution in [2.24, 2.45) is 0 Å². The Morgan fingerprint density at radius 2 is 2.10 bits per heavy atom. The molecule has 0 unspecified atom stereocenters. The standard InChI is InChI=1S/C13H14ClF3N2O/c1-19(9-3-4-9)12(20)7-18-11-5-2-8(6-10(11)14)13(15,16)17/h2,5-6,9,18H,3-4,7H2,1H3. The molecule has 0 saturated heterocycles. The maximum atomic E-state index is 12.5. The molecule has 1 amide bonds. The predicted molar refractivity (Wildman–Crippen MR) is 70.7 cm³/mol. The van der Waals surface area contributed by atoms with Gasteiger partial charge in [0.25, 0.3) is 0 Å². The topological polar surface area (TPSA) is 32.3 Å². The predicted octanol–water partition coefficient (Wildman–Crippen LogP) is 3.39. The van der Waals surface area contributed by atoms with Crippen LogP contribution in [0.1, 0.15) is 18.4 Å². The van der Waals surface area contributed by atoms with E-state index in [1.54, 1.807) is 11.9 Å². The van der Waals surface area contributed by atoms with Crippen molar-refractivity contribution in [3.8, 4) is 0 Å². The van der Waals surface area contributed by atoms with Gasteiger partial charge in [-0.2, -0.15) is 13.2 Å². The molecule has 0 aromatic heterocycles. The van der Waals surface area contributed by atoms with E-state index >= 15 is 0 Å². The fourth-order valence-corrected chi connectivity index (χ4v) is 2.04. The molecule has 0 aliphatic heterocycles. The van der Waals surface area contributed by atoms with Crippen LogP contribution in [0.2, 0.25) is 5.02 Å². The SMILES string of the molecule is CN(C(=O)CNc1ccc(C(F)(F)F)cc1Cl)C1CC1.